The molecule has 0 amide bonds. The van der Waals surface area contributed by atoms with Crippen molar-refractivity contribution in [3.05, 3.63) is 0 Å². The van der Waals surface area contributed by atoms with Crippen LogP contribution in [0.3, 0.4) is 0 Å². The van der Waals surface area contributed by atoms with Gasteiger partial charge < -0.3 is 18.9 Å². The van der Waals surface area contributed by atoms with E-state index in [2.05, 4.69) is 0 Å². The zero-order chi connectivity index (χ0) is 12.1. The van der Waals surface area contributed by atoms with Gasteiger partial charge in [0.1, 0.15) is 0 Å². The SMILES string of the molecule is [2H]C(CCOCCOC)CCOCCOC. The van der Waals surface area contributed by atoms with Crippen molar-refractivity contribution in [2.45, 2.75) is 19.2 Å². The molecule has 0 saturated heterocycles. The van der Waals surface area contributed by atoms with Crippen LogP contribution in [0.1, 0.15) is 20.6 Å². The van der Waals surface area contributed by atoms with E-state index in [1.165, 1.54) is 0 Å². The predicted molar refractivity (Wildman–Crippen MR) is 59.2 cm³/mol. The summed E-state index contributed by atoms with van der Waals surface area (Å²) in [5.41, 5.74) is 0. The van der Waals surface area contributed by atoms with Crippen LogP contribution in [0.25, 0.3) is 0 Å². The van der Waals surface area contributed by atoms with Crippen molar-refractivity contribution >= 4 is 0 Å². The van der Waals surface area contributed by atoms with Gasteiger partial charge in [0.05, 0.1) is 26.4 Å². The molecule has 0 aromatic rings. The molecule has 0 bridgehead atoms. The highest BCUT2D eigenvalue weighted by molar-refractivity contribution is 4.41. The molecule has 0 radical (unpaired) electrons. The highest BCUT2D eigenvalue weighted by Crippen LogP contribution is 1.96. The Hall–Kier alpha value is -0.160. The Bertz CT molecular complexity index is 121. The van der Waals surface area contributed by atoms with Gasteiger partial charge in [0.2, 0.25) is 0 Å². The van der Waals surface area contributed by atoms with Crippen LogP contribution in [0.15, 0.2) is 0 Å². The van der Waals surface area contributed by atoms with Gasteiger partial charge in [0, 0.05) is 28.8 Å². The summed E-state index contributed by atoms with van der Waals surface area (Å²) in [6.45, 7) is 3.68. The molecule has 0 spiro atoms. The second-order valence-corrected chi connectivity index (χ2v) is 3.08. The molecule has 0 aromatic heterocycles. The van der Waals surface area contributed by atoms with Crippen molar-refractivity contribution in [3.8, 4) is 0 Å². The monoisotopic (exact) mass is 221 g/mol. The van der Waals surface area contributed by atoms with Gasteiger partial charge in [-0.05, 0) is 19.2 Å². The summed E-state index contributed by atoms with van der Waals surface area (Å²) in [4.78, 5) is 0. The Morgan fingerprint density at radius 2 is 1.20 bits per heavy atom. The van der Waals surface area contributed by atoms with Crippen LogP contribution in [0, 0.1) is 0 Å². The van der Waals surface area contributed by atoms with Gasteiger partial charge in [-0.25, -0.2) is 0 Å². The van der Waals surface area contributed by atoms with E-state index in [1.54, 1.807) is 14.2 Å². The first-order valence-electron chi connectivity index (χ1n) is 5.94. The van der Waals surface area contributed by atoms with Gasteiger partial charge in [0.15, 0.2) is 0 Å². The zero-order valence-corrected chi connectivity index (χ0v) is 9.87. The Balaban J connectivity index is 3.09. The third kappa shape index (κ3) is 13.8. The first-order chi connectivity index (χ1) is 7.81. The van der Waals surface area contributed by atoms with Crippen molar-refractivity contribution in [2.75, 3.05) is 53.9 Å². The van der Waals surface area contributed by atoms with Crippen molar-refractivity contribution in [2.24, 2.45) is 0 Å². The summed E-state index contributed by atoms with van der Waals surface area (Å²) < 4.78 is 28.0. The fourth-order valence-electron chi connectivity index (χ4n) is 0.966. The lowest BCUT2D eigenvalue weighted by molar-refractivity contribution is 0.0599. The van der Waals surface area contributed by atoms with E-state index < -0.39 is 0 Å². The third-order valence-corrected chi connectivity index (χ3v) is 1.80. The summed E-state index contributed by atoms with van der Waals surface area (Å²) in [6, 6.07) is 0. The number of ether oxygens (including phenoxy) is 4. The van der Waals surface area contributed by atoms with E-state index in [4.69, 9.17) is 20.3 Å². The van der Waals surface area contributed by atoms with Crippen LogP contribution in [0.4, 0.5) is 0 Å². The molecule has 0 heterocycles. The minimum absolute atomic E-state index is 0.106. The van der Waals surface area contributed by atoms with E-state index >= 15 is 0 Å². The maximum atomic E-state index is 7.71. The van der Waals surface area contributed by atoms with Crippen molar-refractivity contribution in [1.82, 2.24) is 0 Å². The van der Waals surface area contributed by atoms with Crippen molar-refractivity contribution in [3.63, 3.8) is 0 Å². The van der Waals surface area contributed by atoms with E-state index in [-0.39, 0.29) is 6.40 Å². The second kappa shape index (κ2) is 13.8. The van der Waals surface area contributed by atoms with Crippen LogP contribution in [0.2, 0.25) is 0 Å². The lowest BCUT2D eigenvalue weighted by atomic mass is 10.2. The predicted octanol–water partition coefficient (Wildman–Crippen LogP) is 1.48. The average molecular weight is 221 g/mol. The van der Waals surface area contributed by atoms with E-state index in [0.717, 1.165) is 12.8 Å². The minimum Gasteiger partial charge on any atom is -0.382 e. The van der Waals surface area contributed by atoms with Gasteiger partial charge in [-0.3, -0.25) is 0 Å². The Labute approximate surface area is 94.2 Å². The first kappa shape index (κ1) is 12.9. The van der Waals surface area contributed by atoms with Crippen LogP contribution in [0.5, 0.6) is 0 Å². The summed E-state index contributed by atoms with van der Waals surface area (Å²) in [7, 11) is 3.29. The van der Waals surface area contributed by atoms with Crippen LogP contribution in [-0.2, 0) is 18.9 Å². The van der Waals surface area contributed by atoms with Crippen LogP contribution < -0.4 is 0 Å². The fourth-order valence-corrected chi connectivity index (χ4v) is 0.966. The smallest absolute Gasteiger partial charge is 0.0700 e. The van der Waals surface area contributed by atoms with E-state index in [0.29, 0.717) is 39.6 Å². The molecule has 0 atom stereocenters. The Morgan fingerprint density at radius 1 is 0.733 bits per heavy atom. The quantitative estimate of drug-likeness (QED) is 0.468. The molecular formula is C11H24O4. The molecule has 0 saturated carbocycles. The molecule has 0 aromatic carbocycles. The zero-order valence-electron chi connectivity index (χ0n) is 10.9. The highest BCUT2D eigenvalue weighted by Gasteiger charge is 1.91. The molecule has 92 valence electrons. The molecule has 0 aliphatic heterocycles. The Morgan fingerprint density at radius 3 is 1.60 bits per heavy atom. The van der Waals surface area contributed by atoms with Gasteiger partial charge in [0.25, 0.3) is 0 Å². The summed E-state index contributed by atoms with van der Waals surface area (Å²) in [6.07, 6.45) is 1.39. The van der Waals surface area contributed by atoms with Crippen LogP contribution in [-0.4, -0.2) is 53.9 Å². The molecule has 4 nitrogen and oxygen atoms in total. The normalized spacial score (nSPS) is 12.1. The third-order valence-electron chi connectivity index (χ3n) is 1.80. The number of rotatable bonds is 12. The number of hydrogen-bond donors (Lipinski definition) is 0. The summed E-state index contributed by atoms with van der Waals surface area (Å²) in [5.74, 6) is 0. The average Bonchev–Trinajstić information content (AvgIpc) is 2.28. The highest BCUT2D eigenvalue weighted by atomic mass is 16.5. The summed E-state index contributed by atoms with van der Waals surface area (Å²) >= 11 is 0. The molecule has 0 fully saturated rings. The van der Waals surface area contributed by atoms with Crippen molar-refractivity contribution < 1.29 is 20.3 Å². The van der Waals surface area contributed by atoms with E-state index in [9.17, 15) is 0 Å². The maximum absolute atomic E-state index is 7.71. The van der Waals surface area contributed by atoms with Gasteiger partial charge in [-0.2, -0.15) is 0 Å². The molecule has 15 heavy (non-hydrogen) atoms. The van der Waals surface area contributed by atoms with Crippen molar-refractivity contribution in [1.29, 1.82) is 0 Å². The minimum atomic E-state index is -0.106. The standard InChI is InChI=1S/C11H24O4/c1-12-8-10-14-6-4-3-5-7-15-11-9-13-2/h3-11H2,1-2H3/i3D. The molecule has 0 aliphatic rings. The van der Waals surface area contributed by atoms with Gasteiger partial charge in [-0.15, -0.1) is 0 Å². The number of methoxy groups -OCH3 is 2. The molecule has 0 rings (SSSR count). The largest absolute Gasteiger partial charge is 0.382 e. The summed E-state index contributed by atoms with van der Waals surface area (Å²) in [5, 5.41) is 0. The lowest BCUT2D eigenvalue weighted by Gasteiger charge is -2.04. The fraction of sp³-hybridized carbons (Fsp3) is 1.00. The molecule has 0 aliphatic carbocycles. The molecule has 4 heteroatoms. The van der Waals surface area contributed by atoms with Gasteiger partial charge >= 0.3 is 0 Å². The molecular weight excluding hydrogens is 196 g/mol. The molecule has 0 N–H and O–H groups in total. The maximum Gasteiger partial charge on any atom is 0.0700 e. The topological polar surface area (TPSA) is 36.9 Å². The van der Waals surface area contributed by atoms with Crippen LogP contribution >= 0.6 is 0 Å². The first-order valence-corrected chi connectivity index (χ1v) is 5.37. The second-order valence-electron chi connectivity index (χ2n) is 3.08. The molecule has 0 unspecified atom stereocenters. The Kier molecular flexibility index (Phi) is 11.9. The lowest BCUT2D eigenvalue weighted by Crippen LogP contribution is -2.04. The van der Waals surface area contributed by atoms with E-state index in [1.807, 2.05) is 0 Å². The van der Waals surface area contributed by atoms with Gasteiger partial charge in [-0.1, -0.05) is 0 Å². The number of hydrogen-bond acceptors (Lipinski definition) is 4.